The van der Waals surface area contributed by atoms with Crippen LogP contribution in [0.2, 0.25) is 0 Å². The van der Waals surface area contributed by atoms with Gasteiger partial charge in [0, 0.05) is 34.7 Å². The van der Waals surface area contributed by atoms with Crippen LogP contribution >= 0.6 is 15.9 Å². The summed E-state index contributed by atoms with van der Waals surface area (Å²) in [6.45, 7) is 0.781. The van der Waals surface area contributed by atoms with Crippen LogP contribution in [0, 0.1) is 0 Å². The number of rotatable bonds is 3. The molecule has 0 saturated heterocycles. The van der Waals surface area contributed by atoms with Crippen LogP contribution in [0.15, 0.2) is 65.4 Å². The van der Waals surface area contributed by atoms with Crippen molar-refractivity contribution in [3.05, 3.63) is 71.0 Å². The molecule has 0 radical (unpaired) electrons. The van der Waals surface area contributed by atoms with E-state index in [-0.39, 0.29) is 0 Å². The lowest BCUT2D eigenvalue weighted by atomic mass is 10.2. The van der Waals surface area contributed by atoms with Gasteiger partial charge < -0.3 is 10.3 Å². The molecule has 2 N–H and O–H groups in total. The molecule has 0 aliphatic carbocycles. The van der Waals surface area contributed by atoms with Crippen LogP contribution in [0.3, 0.4) is 0 Å². The predicted octanol–water partition coefficient (Wildman–Crippen LogP) is 3.94. The first-order valence-electron chi connectivity index (χ1n) is 6.34. The second-order valence-corrected chi connectivity index (χ2v) is 5.55. The van der Waals surface area contributed by atoms with Gasteiger partial charge in [-0.05, 0) is 29.8 Å². The number of anilines is 1. The number of nitrogens with two attached hydrogens (primary N) is 1. The topological polar surface area (TPSA) is 43.8 Å². The Hall–Kier alpha value is -2.07. The molecule has 0 atom stereocenters. The smallest absolute Gasteiger partial charge is 0.140 e. The second-order valence-electron chi connectivity index (χ2n) is 4.63. The van der Waals surface area contributed by atoms with E-state index in [4.69, 9.17) is 5.73 Å². The molecule has 4 heteroatoms. The average molecular weight is 328 g/mol. The lowest BCUT2D eigenvalue weighted by Crippen LogP contribution is -2.01. The Labute approximate surface area is 126 Å². The number of hydrogen-bond acceptors (Lipinski definition) is 2. The van der Waals surface area contributed by atoms with Gasteiger partial charge in [0.25, 0.3) is 0 Å². The maximum atomic E-state index is 5.84. The van der Waals surface area contributed by atoms with Crippen molar-refractivity contribution in [3.63, 3.8) is 0 Å². The molecule has 0 amide bonds. The summed E-state index contributed by atoms with van der Waals surface area (Å²) >= 11 is 3.50. The minimum Gasteiger partial charge on any atom is -0.399 e. The molecule has 2 aromatic carbocycles. The number of hydrogen-bond donors (Lipinski definition) is 1. The Balaban J connectivity index is 1.94. The van der Waals surface area contributed by atoms with Gasteiger partial charge in [0.15, 0.2) is 0 Å². The highest BCUT2D eigenvalue weighted by molar-refractivity contribution is 9.10. The number of benzene rings is 2. The summed E-state index contributed by atoms with van der Waals surface area (Å²) in [5.41, 5.74) is 8.85. The monoisotopic (exact) mass is 327 g/mol. The van der Waals surface area contributed by atoms with Crippen LogP contribution in [0.4, 0.5) is 5.69 Å². The van der Waals surface area contributed by atoms with Crippen molar-refractivity contribution in [1.82, 2.24) is 9.55 Å². The molecule has 0 aliphatic heterocycles. The van der Waals surface area contributed by atoms with Gasteiger partial charge in [-0.25, -0.2) is 4.98 Å². The van der Waals surface area contributed by atoms with Gasteiger partial charge in [-0.15, -0.1) is 0 Å². The van der Waals surface area contributed by atoms with Crippen molar-refractivity contribution in [1.29, 1.82) is 0 Å². The van der Waals surface area contributed by atoms with E-state index in [1.165, 1.54) is 5.56 Å². The van der Waals surface area contributed by atoms with Crippen LogP contribution < -0.4 is 5.73 Å². The van der Waals surface area contributed by atoms with E-state index < -0.39 is 0 Å². The molecular weight excluding hydrogens is 314 g/mol. The minimum absolute atomic E-state index is 0.750. The first-order valence-corrected chi connectivity index (χ1v) is 7.13. The van der Waals surface area contributed by atoms with Crippen molar-refractivity contribution < 1.29 is 0 Å². The maximum absolute atomic E-state index is 5.84. The lowest BCUT2D eigenvalue weighted by Gasteiger charge is -2.09. The molecule has 1 aromatic heterocycles. The molecular formula is C16H14BrN3. The Morgan fingerprint density at radius 3 is 2.75 bits per heavy atom. The maximum Gasteiger partial charge on any atom is 0.140 e. The van der Waals surface area contributed by atoms with Crippen molar-refractivity contribution in [3.8, 4) is 11.4 Å². The SMILES string of the molecule is Nc1cccc(-c2nccn2Cc2cccc(Br)c2)c1. The summed E-state index contributed by atoms with van der Waals surface area (Å²) in [7, 11) is 0. The van der Waals surface area contributed by atoms with E-state index in [1.807, 2.05) is 48.8 Å². The second kappa shape index (κ2) is 5.51. The molecule has 100 valence electrons. The molecule has 0 saturated carbocycles. The quantitative estimate of drug-likeness (QED) is 0.740. The van der Waals surface area contributed by atoms with E-state index in [9.17, 15) is 0 Å². The Kier molecular flexibility index (Phi) is 3.56. The first-order chi connectivity index (χ1) is 9.72. The fraction of sp³-hybridized carbons (Fsp3) is 0.0625. The van der Waals surface area contributed by atoms with Gasteiger partial charge in [0.05, 0.1) is 0 Å². The molecule has 0 fully saturated rings. The van der Waals surface area contributed by atoms with Crippen LogP contribution in [-0.2, 0) is 6.54 Å². The van der Waals surface area contributed by atoms with Crippen molar-refractivity contribution in [2.24, 2.45) is 0 Å². The number of nitrogens with zero attached hydrogens (tertiary/aromatic N) is 2. The van der Waals surface area contributed by atoms with E-state index in [2.05, 4.69) is 37.6 Å². The summed E-state index contributed by atoms with van der Waals surface area (Å²) in [5, 5.41) is 0. The third kappa shape index (κ3) is 2.75. The zero-order chi connectivity index (χ0) is 13.9. The predicted molar refractivity (Wildman–Crippen MR) is 85.3 cm³/mol. The summed E-state index contributed by atoms with van der Waals surface area (Å²) in [6, 6.07) is 16.1. The van der Waals surface area contributed by atoms with Crippen LogP contribution in [0.1, 0.15) is 5.56 Å². The molecule has 1 heterocycles. The first kappa shape index (κ1) is 12.9. The number of imidazole rings is 1. The Morgan fingerprint density at radius 2 is 1.95 bits per heavy atom. The number of aromatic nitrogens is 2. The molecule has 0 unspecified atom stereocenters. The highest BCUT2D eigenvalue weighted by atomic mass is 79.9. The Bertz CT molecular complexity index is 734. The van der Waals surface area contributed by atoms with Crippen molar-refractivity contribution in [2.75, 3.05) is 5.73 Å². The van der Waals surface area contributed by atoms with Gasteiger partial charge in [-0.2, -0.15) is 0 Å². The van der Waals surface area contributed by atoms with Crippen LogP contribution in [0.5, 0.6) is 0 Å². The summed E-state index contributed by atoms with van der Waals surface area (Å²) < 4.78 is 3.21. The zero-order valence-electron chi connectivity index (χ0n) is 10.8. The normalized spacial score (nSPS) is 10.7. The highest BCUT2D eigenvalue weighted by Crippen LogP contribution is 2.21. The van der Waals surface area contributed by atoms with E-state index in [1.54, 1.807) is 0 Å². The molecule has 3 nitrogen and oxygen atoms in total. The van der Waals surface area contributed by atoms with Gasteiger partial charge in [0.1, 0.15) is 5.82 Å². The highest BCUT2D eigenvalue weighted by Gasteiger charge is 2.06. The molecule has 20 heavy (non-hydrogen) atoms. The lowest BCUT2D eigenvalue weighted by molar-refractivity contribution is 0.806. The summed E-state index contributed by atoms with van der Waals surface area (Å²) in [6.07, 6.45) is 3.80. The molecule has 3 aromatic rings. The fourth-order valence-corrected chi connectivity index (χ4v) is 2.65. The standard InChI is InChI=1S/C16H14BrN3/c17-14-5-1-3-12(9-14)11-20-8-7-19-16(20)13-4-2-6-15(18)10-13/h1-10H,11,18H2. The largest absolute Gasteiger partial charge is 0.399 e. The van der Waals surface area contributed by atoms with Gasteiger partial charge in [0.2, 0.25) is 0 Å². The number of nitrogen functional groups attached to an aromatic ring is 1. The van der Waals surface area contributed by atoms with Crippen LogP contribution in [0.25, 0.3) is 11.4 Å². The van der Waals surface area contributed by atoms with Gasteiger partial charge >= 0.3 is 0 Å². The Morgan fingerprint density at radius 1 is 1.10 bits per heavy atom. The van der Waals surface area contributed by atoms with E-state index in [0.29, 0.717) is 0 Å². The molecule has 3 rings (SSSR count). The zero-order valence-corrected chi connectivity index (χ0v) is 12.4. The summed E-state index contributed by atoms with van der Waals surface area (Å²) in [5.74, 6) is 0.928. The third-order valence-electron chi connectivity index (χ3n) is 3.10. The molecule has 0 bridgehead atoms. The van der Waals surface area contributed by atoms with E-state index >= 15 is 0 Å². The van der Waals surface area contributed by atoms with Crippen LogP contribution in [-0.4, -0.2) is 9.55 Å². The third-order valence-corrected chi connectivity index (χ3v) is 3.60. The molecule has 0 aliphatic rings. The van der Waals surface area contributed by atoms with Gasteiger partial charge in [-0.3, -0.25) is 0 Å². The van der Waals surface area contributed by atoms with Crippen molar-refractivity contribution >= 4 is 21.6 Å². The number of halogens is 1. The van der Waals surface area contributed by atoms with Crippen molar-refractivity contribution in [2.45, 2.75) is 6.54 Å². The minimum atomic E-state index is 0.750. The summed E-state index contributed by atoms with van der Waals surface area (Å²) in [4.78, 5) is 4.44. The van der Waals surface area contributed by atoms with E-state index in [0.717, 1.165) is 28.1 Å². The fourth-order valence-electron chi connectivity index (χ4n) is 2.21. The van der Waals surface area contributed by atoms with Gasteiger partial charge in [-0.1, -0.05) is 40.2 Å². The average Bonchev–Trinajstić information content (AvgIpc) is 2.87. The molecule has 0 spiro atoms.